The van der Waals surface area contributed by atoms with Crippen LogP contribution in [0.1, 0.15) is 10.4 Å². The Morgan fingerprint density at radius 1 is 1.11 bits per heavy atom. The van der Waals surface area contributed by atoms with E-state index in [0.29, 0.717) is 30.1 Å². The SMILES string of the molecule is CNCCN(C)C(=O)c1ccc(S(=O)(=O)Nc2ccccc2OC)cc1.Cl. The summed E-state index contributed by atoms with van der Waals surface area (Å²) in [4.78, 5) is 13.9. The van der Waals surface area contributed by atoms with Gasteiger partial charge < -0.3 is 15.0 Å². The largest absolute Gasteiger partial charge is 0.495 e. The summed E-state index contributed by atoms with van der Waals surface area (Å²) >= 11 is 0. The minimum absolute atomic E-state index is 0. The number of ether oxygens (including phenoxy) is 1. The topological polar surface area (TPSA) is 87.7 Å². The number of para-hydroxylation sites is 2. The van der Waals surface area contributed by atoms with Gasteiger partial charge in [-0.2, -0.15) is 0 Å². The van der Waals surface area contributed by atoms with E-state index >= 15 is 0 Å². The molecule has 1 amide bonds. The molecule has 0 atom stereocenters. The standard InChI is InChI=1S/C18H23N3O4S.ClH/c1-19-12-13-21(2)18(22)14-8-10-15(11-9-14)26(23,24)20-16-6-4-5-7-17(16)25-3;/h4-11,19-20H,12-13H2,1-3H3;1H. The average Bonchev–Trinajstić information content (AvgIpc) is 2.65. The van der Waals surface area contributed by atoms with Crippen molar-refractivity contribution in [1.29, 1.82) is 0 Å². The number of benzene rings is 2. The predicted octanol–water partition coefficient (Wildman–Crippen LogP) is 2.21. The van der Waals surface area contributed by atoms with Gasteiger partial charge >= 0.3 is 0 Å². The molecule has 2 rings (SSSR count). The summed E-state index contributed by atoms with van der Waals surface area (Å²) in [7, 11) is 1.20. The number of rotatable bonds is 8. The fourth-order valence-electron chi connectivity index (χ4n) is 2.31. The van der Waals surface area contributed by atoms with Crippen molar-refractivity contribution in [2.75, 3.05) is 39.0 Å². The second kappa shape index (κ2) is 10.1. The second-order valence-electron chi connectivity index (χ2n) is 5.66. The molecule has 9 heteroatoms. The Balaban J connectivity index is 0.00000364. The second-order valence-corrected chi connectivity index (χ2v) is 7.34. The average molecular weight is 414 g/mol. The van der Waals surface area contributed by atoms with Gasteiger partial charge in [-0.25, -0.2) is 8.42 Å². The van der Waals surface area contributed by atoms with Crippen LogP contribution in [0, 0.1) is 0 Å². The Bertz CT molecular complexity index is 857. The maximum absolute atomic E-state index is 12.6. The van der Waals surface area contributed by atoms with Gasteiger partial charge in [-0.05, 0) is 43.4 Å². The third-order valence-corrected chi connectivity index (χ3v) is 5.19. The van der Waals surface area contributed by atoms with Gasteiger partial charge in [0.1, 0.15) is 5.75 Å². The first-order chi connectivity index (χ1) is 12.4. The zero-order chi connectivity index (χ0) is 19.2. The highest BCUT2D eigenvalue weighted by Gasteiger charge is 2.18. The highest BCUT2D eigenvalue weighted by atomic mass is 35.5. The molecule has 0 saturated carbocycles. The number of anilines is 1. The van der Waals surface area contributed by atoms with Crippen molar-refractivity contribution in [2.45, 2.75) is 4.90 Å². The monoisotopic (exact) mass is 413 g/mol. The molecular weight excluding hydrogens is 390 g/mol. The molecule has 27 heavy (non-hydrogen) atoms. The van der Waals surface area contributed by atoms with Crippen molar-refractivity contribution in [3.05, 3.63) is 54.1 Å². The van der Waals surface area contributed by atoms with Crippen LogP contribution >= 0.6 is 12.4 Å². The maximum Gasteiger partial charge on any atom is 0.262 e. The van der Waals surface area contributed by atoms with Crippen molar-refractivity contribution in [2.24, 2.45) is 0 Å². The molecular formula is C18H24ClN3O4S. The van der Waals surface area contributed by atoms with Gasteiger partial charge in [-0.1, -0.05) is 12.1 Å². The number of nitrogens with zero attached hydrogens (tertiary/aromatic N) is 1. The molecule has 0 bridgehead atoms. The Morgan fingerprint density at radius 2 is 1.74 bits per heavy atom. The van der Waals surface area contributed by atoms with Gasteiger partial charge in [0.05, 0.1) is 17.7 Å². The molecule has 0 radical (unpaired) electrons. The smallest absolute Gasteiger partial charge is 0.262 e. The zero-order valence-corrected chi connectivity index (χ0v) is 17.1. The Labute approximate surface area is 166 Å². The summed E-state index contributed by atoms with van der Waals surface area (Å²) in [5, 5.41) is 2.97. The van der Waals surface area contributed by atoms with E-state index in [1.807, 2.05) is 7.05 Å². The quantitative estimate of drug-likeness (QED) is 0.692. The molecule has 0 aromatic heterocycles. The van der Waals surface area contributed by atoms with E-state index in [-0.39, 0.29) is 23.2 Å². The number of hydrogen-bond acceptors (Lipinski definition) is 5. The van der Waals surface area contributed by atoms with Crippen molar-refractivity contribution in [3.63, 3.8) is 0 Å². The number of halogens is 1. The molecule has 0 heterocycles. The van der Waals surface area contributed by atoms with E-state index < -0.39 is 10.0 Å². The van der Waals surface area contributed by atoms with E-state index in [2.05, 4.69) is 10.0 Å². The normalized spacial score (nSPS) is 10.6. The van der Waals surface area contributed by atoms with Crippen LogP contribution in [0.3, 0.4) is 0 Å². The van der Waals surface area contributed by atoms with Crippen LogP contribution in [0.4, 0.5) is 5.69 Å². The van der Waals surface area contributed by atoms with E-state index in [1.54, 1.807) is 36.2 Å². The number of nitrogens with one attached hydrogen (secondary N) is 2. The summed E-state index contributed by atoms with van der Waals surface area (Å²) < 4.78 is 32.8. The molecule has 2 aromatic rings. The van der Waals surface area contributed by atoms with Crippen LogP contribution in [-0.4, -0.2) is 53.5 Å². The van der Waals surface area contributed by atoms with Gasteiger partial charge in [0, 0.05) is 25.7 Å². The zero-order valence-electron chi connectivity index (χ0n) is 15.4. The Morgan fingerprint density at radius 3 is 2.33 bits per heavy atom. The summed E-state index contributed by atoms with van der Waals surface area (Å²) in [6.07, 6.45) is 0. The molecule has 0 fully saturated rings. The molecule has 0 aliphatic rings. The fourth-order valence-corrected chi connectivity index (χ4v) is 3.38. The number of carbonyl (C=O) groups is 1. The van der Waals surface area contributed by atoms with Gasteiger partial charge in [-0.3, -0.25) is 9.52 Å². The van der Waals surface area contributed by atoms with Crippen LogP contribution in [0.2, 0.25) is 0 Å². The minimum atomic E-state index is -3.79. The molecule has 0 aliphatic carbocycles. The summed E-state index contributed by atoms with van der Waals surface area (Å²) in [6, 6.07) is 12.6. The third-order valence-electron chi connectivity index (χ3n) is 3.81. The van der Waals surface area contributed by atoms with Gasteiger partial charge in [0.2, 0.25) is 0 Å². The number of sulfonamides is 1. The number of methoxy groups -OCH3 is 1. The number of likely N-dealkylation sites (N-methyl/N-ethyl adjacent to an activating group) is 2. The molecule has 0 unspecified atom stereocenters. The van der Waals surface area contributed by atoms with Crippen molar-refractivity contribution in [3.8, 4) is 5.75 Å². The van der Waals surface area contributed by atoms with Crippen molar-refractivity contribution < 1.29 is 17.9 Å². The van der Waals surface area contributed by atoms with E-state index in [9.17, 15) is 13.2 Å². The minimum Gasteiger partial charge on any atom is -0.495 e. The highest BCUT2D eigenvalue weighted by molar-refractivity contribution is 7.92. The highest BCUT2D eigenvalue weighted by Crippen LogP contribution is 2.26. The van der Waals surface area contributed by atoms with Crippen LogP contribution in [0.15, 0.2) is 53.4 Å². The molecule has 7 nitrogen and oxygen atoms in total. The molecule has 0 aliphatic heterocycles. The molecule has 2 aromatic carbocycles. The maximum atomic E-state index is 12.6. The molecule has 0 spiro atoms. The van der Waals surface area contributed by atoms with E-state index in [1.165, 1.54) is 31.4 Å². The van der Waals surface area contributed by atoms with Gasteiger partial charge in [-0.15, -0.1) is 12.4 Å². The Hall–Kier alpha value is -2.29. The van der Waals surface area contributed by atoms with Crippen LogP contribution < -0.4 is 14.8 Å². The summed E-state index contributed by atoms with van der Waals surface area (Å²) in [5.41, 5.74) is 0.779. The first-order valence-electron chi connectivity index (χ1n) is 8.05. The van der Waals surface area contributed by atoms with Crippen LogP contribution in [-0.2, 0) is 10.0 Å². The number of carbonyl (C=O) groups excluding carboxylic acids is 1. The molecule has 148 valence electrons. The van der Waals surface area contributed by atoms with Crippen LogP contribution in [0.25, 0.3) is 0 Å². The van der Waals surface area contributed by atoms with Gasteiger partial charge in [0.25, 0.3) is 15.9 Å². The lowest BCUT2D eigenvalue weighted by Crippen LogP contribution is -2.32. The van der Waals surface area contributed by atoms with Crippen molar-refractivity contribution in [1.82, 2.24) is 10.2 Å². The third kappa shape index (κ3) is 5.85. The van der Waals surface area contributed by atoms with Crippen molar-refractivity contribution >= 4 is 34.0 Å². The number of hydrogen-bond donors (Lipinski definition) is 2. The first-order valence-corrected chi connectivity index (χ1v) is 9.53. The summed E-state index contributed by atoms with van der Waals surface area (Å²) in [6.45, 7) is 1.24. The predicted molar refractivity (Wildman–Crippen MR) is 108 cm³/mol. The molecule has 0 saturated heterocycles. The molecule has 2 N–H and O–H groups in total. The van der Waals surface area contributed by atoms with Crippen LogP contribution in [0.5, 0.6) is 5.75 Å². The summed E-state index contributed by atoms with van der Waals surface area (Å²) in [5.74, 6) is 0.260. The van der Waals surface area contributed by atoms with Gasteiger partial charge in [0.15, 0.2) is 0 Å². The lowest BCUT2D eigenvalue weighted by molar-refractivity contribution is 0.0796. The Kier molecular flexibility index (Phi) is 8.55. The lowest BCUT2D eigenvalue weighted by Gasteiger charge is -2.17. The van der Waals surface area contributed by atoms with E-state index in [0.717, 1.165) is 0 Å². The first kappa shape index (κ1) is 22.8. The lowest BCUT2D eigenvalue weighted by atomic mass is 10.2. The van der Waals surface area contributed by atoms with E-state index in [4.69, 9.17) is 4.74 Å². The fraction of sp³-hybridized carbons (Fsp3) is 0.278. The number of amides is 1.